The largest absolute Gasteiger partial charge is 0.508 e. The summed E-state index contributed by atoms with van der Waals surface area (Å²) in [5, 5.41) is 69.4. The molecule has 0 spiro atoms. The third-order valence-electron chi connectivity index (χ3n) is 5.44. The van der Waals surface area contributed by atoms with Crippen LogP contribution in [0.5, 0.6) is 28.7 Å². The van der Waals surface area contributed by atoms with Crippen LogP contribution in [0.3, 0.4) is 0 Å². The second-order valence-electron chi connectivity index (χ2n) is 7.63. The Hall–Kier alpha value is -3.55. The summed E-state index contributed by atoms with van der Waals surface area (Å²) in [7, 11) is 1.30. The van der Waals surface area contributed by atoms with Crippen molar-refractivity contribution >= 4 is 11.0 Å². The summed E-state index contributed by atoms with van der Waals surface area (Å²) < 4.78 is 21.8. The molecule has 1 aliphatic rings. The number of aliphatic hydroxyl groups excluding tert-OH is 4. The van der Waals surface area contributed by atoms with E-state index in [2.05, 4.69) is 0 Å². The fourth-order valence-corrected chi connectivity index (χ4v) is 3.67. The molecule has 5 atom stereocenters. The predicted molar refractivity (Wildman–Crippen MR) is 114 cm³/mol. The van der Waals surface area contributed by atoms with E-state index in [1.807, 2.05) is 0 Å². The van der Waals surface area contributed by atoms with Gasteiger partial charge in [0.2, 0.25) is 17.5 Å². The van der Waals surface area contributed by atoms with Crippen molar-refractivity contribution < 1.29 is 54.4 Å². The van der Waals surface area contributed by atoms with Crippen molar-refractivity contribution in [2.75, 3.05) is 13.7 Å². The van der Waals surface area contributed by atoms with Gasteiger partial charge in [0.1, 0.15) is 46.9 Å². The van der Waals surface area contributed by atoms with Gasteiger partial charge in [-0.05, 0) is 18.2 Å². The average molecular weight is 478 g/mol. The summed E-state index contributed by atoms with van der Waals surface area (Å²) in [6.07, 6.45) is -8.29. The Morgan fingerprint density at radius 1 is 0.971 bits per heavy atom. The van der Waals surface area contributed by atoms with Crippen molar-refractivity contribution in [3.63, 3.8) is 0 Å². The number of phenolic OH excluding ortho intramolecular Hbond substituents is 3. The van der Waals surface area contributed by atoms with Gasteiger partial charge in [0.25, 0.3) is 0 Å². The van der Waals surface area contributed by atoms with Crippen LogP contribution in [-0.4, -0.2) is 80.2 Å². The molecule has 2 aromatic carbocycles. The van der Waals surface area contributed by atoms with Gasteiger partial charge in [-0.1, -0.05) is 0 Å². The van der Waals surface area contributed by atoms with Crippen LogP contribution in [-0.2, 0) is 4.74 Å². The van der Waals surface area contributed by atoms with Crippen LogP contribution in [0.25, 0.3) is 22.3 Å². The van der Waals surface area contributed by atoms with Gasteiger partial charge in [0.15, 0.2) is 17.3 Å². The Bertz CT molecular complexity index is 1270. The highest BCUT2D eigenvalue weighted by Gasteiger charge is 2.45. The maximum atomic E-state index is 13.3. The van der Waals surface area contributed by atoms with Crippen LogP contribution >= 0.6 is 0 Å². The van der Waals surface area contributed by atoms with Crippen molar-refractivity contribution in [3.8, 4) is 40.1 Å². The predicted octanol–water partition coefficient (Wildman–Crippen LogP) is -0.236. The zero-order chi connectivity index (χ0) is 24.7. The van der Waals surface area contributed by atoms with Crippen LogP contribution in [0, 0.1) is 0 Å². The molecule has 7 N–H and O–H groups in total. The van der Waals surface area contributed by atoms with Crippen LogP contribution in [0.2, 0.25) is 0 Å². The van der Waals surface area contributed by atoms with E-state index in [0.717, 1.165) is 12.1 Å². The van der Waals surface area contributed by atoms with Crippen LogP contribution in [0.15, 0.2) is 39.5 Å². The van der Waals surface area contributed by atoms with Crippen molar-refractivity contribution in [2.45, 2.75) is 30.7 Å². The normalized spacial score (nSPS) is 24.8. The molecule has 1 aromatic heterocycles. The Balaban J connectivity index is 1.92. The molecule has 1 aliphatic heterocycles. The van der Waals surface area contributed by atoms with E-state index in [-0.39, 0.29) is 39.5 Å². The van der Waals surface area contributed by atoms with Crippen LogP contribution < -0.4 is 14.9 Å². The number of benzene rings is 2. The Kier molecular flexibility index (Phi) is 6.25. The van der Waals surface area contributed by atoms with E-state index in [9.17, 15) is 40.5 Å². The molecular formula is C22H22O12. The lowest BCUT2D eigenvalue weighted by molar-refractivity contribution is -0.277. The lowest BCUT2D eigenvalue weighted by Gasteiger charge is -2.39. The van der Waals surface area contributed by atoms with Gasteiger partial charge < -0.3 is 54.4 Å². The smallest absolute Gasteiger partial charge is 0.239 e. The van der Waals surface area contributed by atoms with Gasteiger partial charge in [-0.15, -0.1) is 0 Å². The minimum atomic E-state index is -1.83. The fourth-order valence-electron chi connectivity index (χ4n) is 3.67. The molecule has 2 unspecified atom stereocenters. The van der Waals surface area contributed by atoms with Gasteiger partial charge in [-0.3, -0.25) is 4.79 Å². The molecule has 0 amide bonds. The SMILES string of the molecule is COc1cc(-c2oc3cc(O)cc(O)c3c(=O)c2O[C@@H]2OC(CO)[C@@H](O)[C@@H](O)C2O)ccc1O. The van der Waals surface area contributed by atoms with E-state index in [4.69, 9.17) is 18.6 Å². The summed E-state index contributed by atoms with van der Waals surface area (Å²) in [5.41, 5.74) is -0.959. The summed E-state index contributed by atoms with van der Waals surface area (Å²) in [5.74, 6) is -2.00. The Morgan fingerprint density at radius 3 is 2.38 bits per heavy atom. The van der Waals surface area contributed by atoms with Crippen LogP contribution in [0.4, 0.5) is 0 Å². The average Bonchev–Trinajstić information content (AvgIpc) is 2.80. The molecule has 182 valence electrons. The van der Waals surface area contributed by atoms with Crippen molar-refractivity contribution in [1.82, 2.24) is 0 Å². The first-order valence-electron chi connectivity index (χ1n) is 10.0. The highest BCUT2D eigenvalue weighted by Crippen LogP contribution is 2.39. The van der Waals surface area contributed by atoms with Gasteiger partial charge in [-0.2, -0.15) is 0 Å². The number of hydrogen-bond donors (Lipinski definition) is 7. The molecule has 12 heteroatoms. The lowest BCUT2D eigenvalue weighted by atomic mass is 9.99. The van der Waals surface area contributed by atoms with Gasteiger partial charge in [0, 0.05) is 17.7 Å². The lowest BCUT2D eigenvalue weighted by Crippen LogP contribution is -2.60. The number of aliphatic hydroxyl groups is 4. The van der Waals surface area contributed by atoms with E-state index in [1.165, 1.54) is 25.3 Å². The van der Waals surface area contributed by atoms with E-state index in [1.54, 1.807) is 0 Å². The Morgan fingerprint density at radius 2 is 1.71 bits per heavy atom. The minimum Gasteiger partial charge on any atom is -0.508 e. The minimum absolute atomic E-state index is 0.0257. The fraction of sp³-hybridized carbons (Fsp3) is 0.318. The molecule has 2 heterocycles. The van der Waals surface area contributed by atoms with Crippen molar-refractivity contribution in [1.29, 1.82) is 0 Å². The molecule has 1 fully saturated rings. The first-order valence-corrected chi connectivity index (χ1v) is 10.0. The van der Waals surface area contributed by atoms with Gasteiger partial charge >= 0.3 is 0 Å². The molecule has 12 nitrogen and oxygen atoms in total. The third kappa shape index (κ3) is 3.97. The zero-order valence-electron chi connectivity index (χ0n) is 17.7. The molecule has 1 saturated heterocycles. The first kappa shape index (κ1) is 23.6. The standard InChI is InChI=1S/C22H22O12/c1-31-12-4-8(2-3-10(12)25)20-21(17(28)15-11(26)5-9(24)6-13(15)32-20)34-22-19(30)18(29)16(27)14(7-23)33-22/h2-6,14,16,18-19,22-27,29-30H,7H2,1H3/t14?,16-,18-,19?,22+/m1/s1. The molecular weight excluding hydrogens is 456 g/mol. The van der Waals surface area contributed by atoms with Crippen LogP contribution in [0.1, 0.15) is 0 Å². The Labute approximate surface area is 191 Å². The quantitative estimate of drug-likeness (QED) is 0.254. The number of hydrogen-bond acceptors (Lipinski definition) is 12. The highest BCUT2D eigenvalue weighted by atomic mass is 16.7. The summed E-state index contributed by atoms with van der Waals surface area (Å²) in [4.78, 5) is 13.3. The maximum Gasteiger partial charge on any atom is 0.239 e. The molecule has 3 aromatic rings. The molecule has 0 radical (unpaired) electrons. The number of ether oxygens (including phenoxy) is 3. The number of phenols is 3. The molecule has 0 aliphatic carbocycles. The van der Waals surface area contributed by atoms with Gasteiger partial charge in [-0.25, -0.2) is 0 Å². The molecule has 34 heavy (non-hydrogen) atoms. The number of aromatic hydroxyl groups is 3. The first-order chi connectivity index (χ1) is 16.2. The summed E-state index contributed by atoms with van der Waals surface area (Å²) in [6.45, 7) is -0.723. The van der Waals surface area contributed by atoms with Gasteiger partial charge in [0.05, 0.1) is 13.7 Å². The van der Waals surface area contributed by atoms with E-state index < -0.39 is 54.2 Å². The van der Waals surface area contributed by atoms with Crippen molar-refractivity contribution in [2.24, 2.45) is 0 Å². The van der Waals surface area contributed by atoms with Crippen molar-refractivity contribution in [3.05, 3.63) is 40.6 Å². The number of methoxy groups -OCH3 is 1. The number of rotatable bonds is 5. The topological polar surface area (TPSA) is 200 Å². The number of fused-ring (bicyclic) bond motifs is 1. The zero-order valence-corrected chi connectivity index (χ0v) is 17.7. The highest BCUT2D eigenvalue weighted by molar-refractivity contribution is 5.88. The molecule has 4 rings (SSSR count). The molecule has 0 saturated carbocycles. The summed E-state index contributed by atoms with van der Waals surface area (Å²) >= 11 is 0. The second-order valence-corrected chi connectivity index (χ2v) is 7.63. The second kappa shape index (κ2) is 9.00. The van der Waals surface area contributed by atoms with E-state index >= 15 is 0 Å². The summed E-state index contributed by atoms with van der Waals surface area (Å²) in [6, 6.07) is 5.96. The molecule has 0 bridgehead atoms. The maximum absolute atomic E-state index is 13.3. The third-order valence-corrected chi connectivity index (χ3v) is 5.44. The monoisotopic (exact) mass is 478 g/mol. The van der Waals surface area contributed by atoms with E-state index in [0.29, 0.717) is 0 Å².